The van der Waals surface area contributed by atoms with Gasteiger partial charge in [0.1, 0.15) is 0 Å². The van der Waals surface area contributed by atoms with Gasteiger partial charge in [-0.25, -0.2) is 14.8 Å². The second-order valence-corrected chi connectivity index (χ2v) is 3.38. The Labute approximate surface area is 99.2 Å². The lowest BCUT2D eigenvalue weighted by atomic mass is 10.4. The monoisotopic (exact) mass is 259 g/mol. The van der Waals surface area contributed by atoms with Crippen molar-refractivity contribution in [2.45, 2.75) is 13.1 Å². The van der Waals surface area contributed by atoms with Gasteiger partial charge in [0.2, 0.25) is 0 Å². The molecule has 2 aromatic rings. The summed E-state index contributed by atoms with van der Waals surface area (Å²) in [4.78, 5) is 18.4. The Morgan fingerprint density at radius 3 is 2.78 bits per heavy atom. The van der Waals surface area contributed by atoms with E-state index in [1.807, 2.05) is 0 Å². The van der Waals surface area contributed by atoms with E-state index in [0.717, 1.165) is 16.8 Å². The van der Waals surface area contributed by atoms with E-state index in [1.54, 1.807) is 6.92 Å². The Kier molecular flexibility index (Phi) is 2.93. The number of esters is 1. The van der Waals surface area contributed by atoms with Gasteiger partial charge in [-0.2, -0.15) is 13.2 Å². The molecule has 0 unspecified atom stereocenters. The third kappa shape index (κ3) is 2.27. The molecule has 0 saturated carbocycles. The number of aromatic nitrogens is 3. The maximum absolute atomic E-state index is 12.4. The standard InChI is InChI=1S/C10H8F3N3O2/c1-2-18-9(17)6-4-16-5-7(10(11,12)13)14-3-8(16)15-6/h3-5H,2H2,1H3. The summed E-state index contributed by atoms with van der Waals surface area (Å²) in [7, 11) is 0. The van der Waals surface area contributed by atoms with Gasteiger partial charge in [0.05, 0.1) is 12.8 Å². The minimum absolute atomic E-state index is 0.0574. The predicted octanol–water partition coefficient (Wildman–Crippen LogP) is 1.92. The van der Waals surface area contributed by atoms with Gasteiger partial charge >= 0.3 is 12.1 Å². The van der Waals surface area contributed by atoms with Gasteiger partial charge in [0, 0.05) is 12.4 Å². The molecule has 2 aromatic heterocycles. The van der Waals surface area contributed by atoms with Crippen molar-refractivity contribution in [2.24, 2.45) is 0 Å². The van der Waals surface area contributed by atoms with Crippen LogP contribution in [0.5, 0.6) is 0 Å². The molecular weight excluding hydrogens is 251 g/mol. The molecule has 0 atom stereocenters. The summed E-state index contributed by atoms with van der Waals surface area (Å²) in [5.41, 5.74) is -0.966. The lowest BCUT2D eigenvalue weighted by Crippen LogP contribution is -2.08. The van der Waals surface area contributed by atoms with E-state index in [0.29, 0.717) is 0 Å². The summed E-state index contributed by atoms with van der Waals surface area (Å²) >= 11 is 0. The number of hydrogen-bond donors (Lipinski definition) is 0. The normalized spacial score (nSPS) is 11.8. The van der Waals surface area contributed by atoms with Gasteiger partial charge in [-0.15, -0.1) is 0 Å². The topological polar surface area (TPSA) is 56.5 Å². The van der Waals surface area contributed by atoms with Crippen LogP contribution in [-0.2, 0) is 10.9 Å². The Bertz CT molecular complexity index is 592. The summed E-state index contributed by atoms with van der Waals surface area (Å²) in [6.45, 7) is 1.79. The summed E-state index contributed by atoms with van der Waals surface area (Å²) in [6, 6.07) is 0. The first-order valence-corrected chi connectivity index (χ1v) is 5.01. The van der Waals surface area contributed by atoms with Crippen LogP contribution >= 0.6 is 0 Å². The molecule has 0 radical (unpaired) electrons. The second kappa shape index (κ2) is 4.28. The number of carbonyl (C=O) groups is 1. The number of nitrogens with zero attached hydrogens (tertiary/aromatic N) is 3. The lowest BCUT2D eigenvalue weighted by Gasteiger charge is -2.04. The first-order valence-electron chi connectivity index (χ1n) is 5.01. The molecule has 0 saturated heterocycles. The number of alkyl halides is 3. The summed E-state index contributed by atoms with van der Waals surface area (Å²) in [6.07, 6.45) is -1.65. The molecule has 0 aromatic carbocycles. The summed E-state index contributed by atoms with van der Waals surface area (Å²) < 4.78 is 43.0. The average Bonchev–Trinajstić information content (AvgIpc) is 2.70. The van der Waals surface area contributed by atoms with Crippen LogP contribution in [0.4, 0.5) is 13.2 Å². The first kappa shape index (κ1) is 12.3. The summed E-state index contributed by atoms with van der Waals surface area (Å²) in [5, 5.41) is 0. The predicted molar refractivity (Wildman–Crippen MR) is 53.9 cm³/mol. The molecule has 0 aliphatic carbocycles. The van der Waals surface area contributed by atoms with Gasteiger partial charge in [-0.3, -0.25) is 0 Å². The van der Waals surface area contributed by atoms with Crippen LogP contribution < -0.4 is 0 Å². The minimum Gasteiger partial charge on any atom is -0.461 e. The van der Waals surface area contributed by atoms with Gasteiger partial charge in [0.25, 0.3) is 0 Å². The zero-order valence-electron chi connectivity index (χ0n) is 9.23. The molecule has 18 heavy (non-hydrogen) atoms. The molecule has 5 nitrogen and oxygen atoms in total. The van der Waals surface area contributed by atoms with Crippen LogP contribution in [0.25, 0.3) is 5.65 Å². The van der Waals surface area contributed by atoms with Crippen molar-refractivity contribution in [1.82, 2.24) is 14.4 Å². The Hall–Kier alpha value is -2.12. The van der Waals surface area contributed by atoms with Crippen LogP contribution in [0.3, 0.4) is 0 Å². The van der Waals surface area contributed by atoms with Crippen LogP contribution in [0.2, 0.25) is 0 Å². The molecular formula is C10H8F3N3O2. The SMILES string of the molecule is CCOC(=O)c1cn2cc(C(F)(F)F)ncc2n1. The molecule has 0 amide bonds. The van der Waals surface area contributed by atoms with E-state index in [9.17, 15) is 18.0 Å². The highest BCUT2D eigenvalue weighted by molar-refractivity contribution is 5.87. The fourth-order valence-electron chi connectivity index (χ4n) is 1.35. The Morgan fingerprint density at radius 2 is 2.17 bits per heavy atom. The maximum atomic E-state index is 12.4. The molecule has 0 aliphatic rings. The Morgan fingerprint density at radius 1 is 1.44 bits per heavy atom. The molecule has 0 fully saturated rings. The first-order chi connectivity index (χ1) is 8.41. The highest BCUT2D eigenvalue weighted by atomic mass is 19.4. The van der Waals surface area contributed by atoms with E-state index in [-0.39, 0.29) is 17.9 Å². The molecule has 0 aliphatic heterocycles. The van der Waals surface area contributed by atoms with Crippen molar-refractivity contribution < 1.29 is 22.7 Å². The Balaban J connectivity index is 2.43. The molecule has 8 heteroatoms. The van der Waals surface area contributed by atoms with E-state index < -0.39 is 17.8 Å². The fourth-order valence-corrected chi connectivity index (χ4v) is 1.35. The van der Waals surface area contributed by atoms with E-state index in [2.05, 4.69) is 9.97 Å². The minimum atomic E-state index is -4.54. The van der Waals surface area contributed by atoms with Gasteiger partial charge in [-0.1, -0.05) is 0 Å². The van der Waals surface area contributed by atoms with Gasteiger partial charge in [-0.05, 0) is 6.92 Å². The number of imidazole rings is 1. The van der Waals surface area contributed by atoms with Crippen LogP contribution in [-0.4, -0.2) is 26.9 Å². The molecule has 2 heterocycles. The quantitative estimate of drug-likeness (QED) is 0.773. The van der Waals surface area contributed by atoms with Crippen LogP contribution in [0, 0.1) is 0 Å². The second-order valence-electron chi connectivity index (χ2n) is 3.38. The zero-order chi connectivity index (χ0) is 13.3. The van der Waals surface area contributed by atoms with E-state index in [1.165, 1.54) is 6.20 Å². The van der Waals surface area contributed by atoms with Crippen LogP contribution in [0.1, 0.15) is 23.1 Å². The van der Waals surface area contributed by atoms with Crippen molar-refractivity contribution in [3.8, 4) is 0 Å². The van der Waals surface area contributed by atoms with Crippen LogP contribution in [0.15, 0.2) is 18.6 Å². The molecule has 0 spiro atoms. The smallest absolute Gasteiger partial charge is 0.434 e. The van der Waals surface area contributed by atoms with Crippen molar-refractivity contribution in [1.29, 1.82) is 0 Å². The summed E-state index contributed by atoms with van der Waals surface area (Å²) in [5.74, 6) is -0.685. The molecule has 96 valence electrons. The third-order valence-electron chi connectivity index (χ3n) is 2.12. The van der Waals surface area contributed by atoms with Crippen molar-refractivity contribution in [2.75, 3.05) is 6.61 Å². The number of halogens is 3. The number of ether oxygens (including phenoxy) is 1. The van der Waals surface area contributed by atoms with Crippen molar-refractivity contribution >= 4 is 11.6 Å². The largest absolute Gasteiger partial charge is 0.461 e. The number of carbonyl (C=O) groups excluding carboxylic acids is 1. The van der Waals surface area contributed by atoms with Crippen molar-refractivity contribution in [3.05, 3.63) is 30.0 Å². The number of rotatable bonds is 2. The van der Waals surface area contributed by atoms with E-state index in [4.69, 9.17) is 4.74 Å². The van der Waals surface area contributed by atoms with Gasteiger partial charge < -0.3 is 9.14 Å². The zero-order valence-corrected chi connectivity index (χ0v) is 9.23. The van der Waals surface area contributed by atoms with Crippen molar-refractivity contribution in [3.63, 3.8) is 0 Å². The lowest BCUT2D eigenvalue weighted by molar-refractivity contribution is -0.141. The van der Waals surface area contributed by atoms with Gasteiger partial charge in [0.15, 0.2) is 17.0 Å². The third-order valence-corrected chi connectivity index (χ3v) is 2.12. The molecule has 2 rings (SSSR count). The van der Waals surface area contributed by atoms with E-state index >= 15 is 0 Å². The maximum Gasteiger partial charge on any atom is 0.434 e. The number of hydrogen-bond acceptors (Lipinski definition) is 4. The molecule has 0 bridgehead atoms. The fraction of sp³-hybridized carbons (Fsp3) is 0.300. The average molecular weight is 259 g/mol. The number of fused-ring (bicyclic) bond motifs is 1. The molecule has 0 N–H and O–H groups in total. The highest BCUT2D eigenvalue weighted by Gasteiger charge is 2.33. The highest BCUT2D eigenvalue weighted by Crippen LogP contribution is 2.27.